The first-order chi connectivity index (χ1) is 7.75. The minimum atomic E-state index is -0.253. The molecule has 2 bridgehead atoms. The lowest BCUT2D eigenvalue weighted by Gasteiger charge is -2.21. The third-order valence-electron chi connectivity index (χ3n) is 3.91. The molecule has 1 aromatic carbocycles. The van der Waals surface area contributed by atoms with Gasteiger partial charge in [-0.25, -0.2) is 0 Å². The van der Waals surface area contributed by atoms with Crippen LogP contribution in [0.3, 0.4) is 0 Å². The molecule has 0 aliphatic carbocycles. The number of benzene rings is 1. The smallest absolute Gasteiger partial charge is 0.0712 e. The number of hydrogen-bond acceptors (Lipinski definition) is 3. The third-order valence-corrected chi connectivity index (χ3v) is 3.91. The molecule has 0 spiro atoms. The van der Waals surface area contributed by atoms with Gasteiger partial charge in [-0.3, -0.25) is 4.90 Å². The van der Waals surface area contributed by atoms with E-state index in [1.807, 2.05) is 18.2 Å². The standard InChI is InChI=1S/C13H17NO2/c15-12-6-10-13(16)7-11(12)14(10)8-9-4-2-1-3-5-9/h1-5,10-13,15-16H,6-8H2. The lowest BCUT2D eigenvalue weighted by atomic mass is 9.95. The second kappa shape index (κ2) is 3.84. The van der Waals surface area contributed by atoms with E-state index in [0.29, 0.717) is 0 Å². The molecule has 3 heteroatoms. The van der Waals surface area contributed by atoms with Crippen molar-refractivity contribution in [1.82, 2.24) is 4.90 Å². The Labute approximate surface area is 95.3 Å². The van der Waals surface area contributed by atoms with E-state index in [9.17, 15) is 10.2 Å². The highest BCUT2D eigenvalue weighted by molar-refractivity contribution is 5.17. The van der Waals surface area contributed by atoms with Gasteiger partial charge in [-0.05, 0) is 18.4 Å². The van der Waals surface area contributed by atoms with Gasteiger partial charge in [0, 0.05) is 18.6 Å². The van der Waals surface area contributed by atoms with Crippen molar-refractivity contribution in [2.75, 3.05) is 0 Å². The summed E-state index contributed by atoms with van der Waals surface area (Å²) in [7, 11) is 0. The van der Waals surface area contributed by atoms with Crippen molar-refractivity contribution in [3.8, 4) is 0 Å². The van der Waals surface area contributed by atoms with Crippen LogP contribution in [0.25, 0.3) is 0 Å². The molecular weight excluding hydrogens is 202 g/mol. The molecule has 2 fully saturated rings. The Balaban J connectivity index is 1.77. The van der Waals surface area contributed by atoms with Crippen LogP contribution in [-0.2, 0) is 6.54 Å². The summed E-state index contributed by atoms with van der Waals surface area (Å²) in [5.41, 5.74) is 1.25. The first-order valence-corrected chi connectivity index (χ1v) is 5.91. The van der Waals surface area contributed by atoms with E-state index >= 15 is 0 Å². The minimum Gasteiger partial charge on any atom is -0.391 e. The summed E-state index contributed by atoms with van der Waals surface area (Å²) in [4.78, 5) is 2.25. The van der Waals surface area contributed by atoms with Crippen LogP contribution in [-0.4, -0.2) is 39.4 Å². The maximum Gasteiger partial charge on any atom is 0.0712 e. The van der Waals surface area contributed by atoms with Gasteiger partial charge in [-0.15, -0.1) is 0 Å². The average Bonchev–Trinajstić information content (AvgIpc) is 2.73. The molecule has 2 aliphatic heterocycles. The van der Waals surface area contributed by atoms with Crippen LogP contribution >= 0.6 is 0 Å². The van der Waals surface area contributed by atoms with E-state index in [1.165, 1.54) is 5.56 Å². The molecule has 4 unspecified atom stereocenters. The maximum absolute atomic E-state index is 9.83. The summed E-state index contributed by atoms with van der Waals surface area (Å²) < 4.78 is 0. The van der Waals surface area contributed by atoms with Crippen LogP contribution in [0.1, 0.15) is 18.4 Å². The van der Waals surface area contributed by atoms with E-state index in [2.05, 4.69) is 17.0 Å². The molecule has 2 saturated heterocycles. The van der Waals surface area contributed by atoms with Crippen molar-refractivity contribution in [1.29, 1.82) is 0 Å². The predicted octanol–water partition coefficient (Wildman–Crippen LogP) is 0.755. The normalized spacial score (nSPS) is 38.1. The summed E-state index contributed by atoms with van der Waals surface area (Å²) >= 11 is 0. The van der Waals surface area contributed by atoms with Gasteiger partial charge in [0.15, 0.2) is 0 Å². The number of nitrogens with zero attached hydrogens (tertiary/aromatic N) is 1. The fraction of sp³-hybridized carbons (Fsp3) is 0.538. The van der Waals surface area contributed by atoms with Crippen molar-refractivity contribution < 1.29 is 10.2 Å². The topological polar surface area (TPSA) is 43.7 Å². The molecule has 86 valence electrons. The molecular formula is C13H17NO2. The number of hydrogen-bond donors (Lipinski definition) is 2. The second-order valence-corrected chi connectivity index (χ2v) is 4.90. The maximum atomic E-state index is 9.83. The number of fused-ring (bicyclic) bond motifs is 2. The molecule has 16 heavy (non-hydrogen) atoms. The molecule has 3 nitrogen and oxygen atoms in total. The zero-order valence-electron chi connectivity index (χ0n) is 9.16. The van der Waals surface area contributed by atoms with Crippen LogP contribution in [0, 0.1) is 0 Å². The Morgan fingerprint density at radius 1 is 1.00 bits per heavy atom. The van der Waals surface area contributed by atoms with E-state index in [0.717, 1.165) is 19.4 Å². The molecule has 0 aromatic heterocycles. The summed E-state index contributed by atoms with van der Waals surface area (Å²) in [5.74, 6) is 0. The first kappa shape index (κ1) is 10.3. The van der Waals surface area contributed by atoms with Crippen LogP contribution in [0.5, 0.6) is 0 Å². The van der Waals surface area contributed by atoms with Crippen LogP contribution in [0.15, 0.2) is 30.3 Å². The van der Waals surface area contributed by atoms with Crippen LogP contribution in [0.2, 0.25) is 0 Å². The van der Waals surface area contributed by atoms with Gasteiger partial charge in [0.1, 0.15) is 0 Å². The molecule has 0 amide bonds. The van der Waals surface area contributed by atoms with E-state index in [4.69, 9.17) is 0 Å². The average molecular weight is 219 g/mol. The summed E-state index contributed by atoms with van der Waals surface area (Å²) in [6.45, 7) is 0.838. The minimum absolute atomic E-state index is 0.153. The summed E-state index contributed by atoms with van der Waals surface area (Å²) in [6.07, 6.45) is 0.936. The highest BCUT2D eigenvalue weighted by Gasteiger charge is 2.50. The molecule has 0 radical (unpaired) electrons. The third kappa shape index (κ3) is 1.56. The van der Waals surface area contributed by atoms with Crippen molar-refractivity contribution in [2.45, 2.75) is 43.7 Å². The Kier molecular flexibility index (Phi) is 2.46. The Morgan fingerprint density at radius 2 is 1.56 bits per heavy atom. The van der Waals surface area contributed by atoms with Gasteiger partial charge < -0.3 is 10.2 Å². The molecule has 0 saturated carbocycles. The van der Waals surface area contributed by atoms with Gasteiger partial charge in [0.2, 0.25) is 0 Å². The molecule has 2 N–H and O–H groups in total. The number of aliphatic hydroxyl groups excluding tert-OH is 2. The van der Waals surface area contributed by atoms with Crippen molar-refractivity contribution in [2.24, 2.45) is 0 Å². The quantitative estimate of drug-likeness (QED) is 0.771. The lowest BCUT2D eigenvalue weighted by molar-refractivity contribution is 0.0813. The monoisotopic (exact) mass is 219 g/mol. The Bertz CT molecular complexity index is 351. The Hall–Kier alpha value is -0.900. The summed E-state index contributed by atoms with van der Waals surface area (Å²) in [5, 5.41) is 19.7. The number of aliphatic hydroxyl groups is 2. The fourth-order valence-electron chi connectivity index (χ4n) is 3.11. The summed E-state index contributed by atoms with van der Waals surface area (Å²) in [6, 6.07) is 10.6. The van der Waals surface area contributed by atoms with Crippen LogP contribution in [0.4, 0.5) is 0 Å². The van der Waals surface area contributed by atoms with Gasteiger partial charge in [-0.1, -0.05) is 30.3 Å². The Morgan fingerprint density at radius 3 is 2.12 bits per heavy atom. The zero-order chi connectivity index (χ0) is 11.1. The fourth-order valence-corrected chi connectivity index (χ4v) is 3.11. The van der Waals surface area contributed by atoms with Gasteiger partial charge in [0.05, 0.1) is 12.2 Å². The largest absolute Gasteiger partial charge is 0.391 e. The van der Waals surface area contributed by atoms with Crippen molar-refractivity contribution in [3.05, 3.63) is 35.9 Å². The first-order valence-electron chi connectivity index (χ1n) is 5.91. The molecule has 3 rings (SSSR count). The molecule has 1 aromatic rings. The van der Waals surface area contributed by atoms with Gasteiger partial charge in [-0.2, -0.15) is 0 Å². The van der Waals surface area contributed by atoms with E-state index < -0.39 is 0 Å². The predicted molar refractivity (Wildman–Crippen MR) is 60.8 cm³/mol. The molecule has 2 heterocycles. The van der Waals surface area contributed by atoms with Gasteiger partial charge in [0.25, 0.3) is 0 Å². The second-order valence-electron chi connectivity index (χ2n) is 4.90. The van der Waals surface area contributed by atoms with Crippen molar-refractivity contribution in [3.63, 3.8) is 0 Å². The SMILES string of the molecule is OC1CC2C(O)CC1N2Cc1ccccc1. The van der Waals surface area contributed by atoms with Crippen LogP contribution < -0.4 is 0 Å². The van der Waals surface area contributed by atoms with E-state index in [1.54, 1.807) is 0 Å². The van der Waals surface area contributed by atoms with Gasteiger partial charge >= 0.3 is 0 Å². The lowest BCUT2D eigenvalue weighted by Crippen LogP contribution is -2.31. The highest BCUT2D eigenvalue weighted by Crippen LogP contribution is 2.38. The zero-order valence-corrected chi connectivity index (χ0v) is 9.16. The molecule has 2 aliphatic rings. The van der Waals surface area contributed by atoms with E-state index in [-0.39, 0.29) is 24.3 Å². The highest BCUT2D eigenvalue weighted by atomic mass is 16.3. The van der Waals surface area contributed by atoms with Crippen molar-refractivity contribution >= 4 is 0 Å². The number of rotatable bonds is 2. The molecule has 4 atom stereocenters.